The Morgan fingerprint density at radius 2 is 2.00 bits per heavy atom. The van der Waals surface area contributed by atoms with Crippen LogP contribution < -0.4 is 15.0 Å². The molecule has 0 amide bonds. The van der Waals surface area contributed by atoms with Gasteiger partial charge < -0.3 is 30.6 Å². The summed E-state index contributed by atoms with van der Waals surface area (Å²) in [4.78, 5) is 16.5. The van der Waals surface area contributed by atoms with Crippen LogP contribution in [0.4, 0.5) is 5.82 Å². The number of rotatable bonds is 9. The van der Waals surface area contributed by atoms with E-state index < -0.39 is 6.10 Å². The number of nitrogens with zero attached hydrogens (tertiary/aromatic N) is 4. The molecule has 0 aliphatic carbocycles. The molecule has 4 N–H and O–H groups in total. The van der Waals surface area contributed by atoms with Crippen molar-refractivity contribution >= 4 is 28.7 Å². The van der Waals surface area contributed by atoms with Crippen LogP contribution in [0.3, 0.4) is 0 Å². The Morgan fingerprint density at radius 3 is 2.67 bits per heavy atom. The summed E-state index contributed by atoms with van der Waals surface area (Å²) >= 11 is 6.65. The van der Waals surface area contributed by atoms with E-state index in [1.165, 1.54) is 5.56 Å². The van der Waals surface area contributed by atoms with Gasteiger partial charge in [0.1, 0.15) is 30.0 Å². The van der Waals surface area contributed by atoms with Gasteiger partial charge in [-0.25, -0.2) is 9.97 Å². The second-order valence-corrected chi connectivity index (χ2v) is 10.3. The molecule has 10 heteroatoms. The Labute approximate surface area is 234 Å². The summed E-state index contributed by atoms with van der Waals surface area (Å²) in [5.74, 6) is 1.54. The Kier molecular flexibility index (Phi) is 8.54. The number of aliphatic hydroxyl groups is 2. The minimum absolute atomic E-state index is 0.000448. The number of benzene rings is 1. The fourth-order valence-corrected chi connectivity index (χ4v) is 5.10. The molecule has 1 aliphatic rings. The zero-order valence-electron chi connectivity index (χ0n) is 23.1. The van der Waals surface area contributed by atoms with Gasteiger partial charge in [0.2, 0.25) is 0 Å². The van der Waals surface area contributed by atoms with Gasteiger partial charge in [0, 0.05) is 41.8 Å². The summed E-state index contributed by atoms with van der Waals surface area (Å²) in [6.45, 7) is 10.3. The molecule has 0 saturated carbocycles. The molecule has 1 aliphatic heterocycles. The highest BCUT2D eigenvalue weighted by Gasteiger charge is 2.31. The first-order valence-corrected chi connectivity index (χ1v) is 13.2. The van der Waals surface area contributed by atoms with Crippen LogP contribution in [0.15, 0.2) is 36.2 Å². The van der Waals surface area contributed by atoms with E-state index in [-0.39, 0.29) is 24.1 Å². The Morgan fingerprint density at radius 1 is 1.26 bits per heavy atom. The molecular formula is C29H35ClN6O3. The van der Waals surface area contributed by atoms with Crippen LogP contribution in [0.25, 0.3) is 17.0 Å². The van der Waals surface area contributed by atoms with E-state index >= 15 is 0 Å². The molecule has 206 valence electrons. The number of nitrogens with one attached hydrogen (secondary N) is 2. The Bertz CT molecular complexity index is 1440. The first kappa shape index (κ1) is 28.5. The topological polar surface area (TPSA) is 127 Å². The van der Waals surface area contributed by atoms with E-state index in [1.807, 2.05) is 20.0 Å². The lowest BCUT2D eigenvalue weighted by Gasteiger charge is -2.27. The second kappa shape index (κ2) is 11.7. The number of hydrogen-bond donors (Lipinski definition) is 4. The number of aryl methyl sites for hydroxylation is 1. The molecule has 2 aromatic heterocycles. The second-order valence-electron chi connectivity index (χ2n) is 9.92. The van der Waals surface area contributed by atoms with Crippen molar-refractivity contribution in [3.8, 4) is 17.1 Å². The molecule has 1 aromatic carbocycles. The number of fused-ring (bicyclic) bond motifs is 1. The number of ether oxygens (including phenoxy) is 1. The predicted octanol–water partition coefficient (Wildman–Crippen LogP) is 5.18. The molecule has 4 rings (SSSR count). The van der Waals surface area contributed by atoms with Crippen LogP contribution in [0.1, 0.15) is 54.9 Å². The molecular weight excluding hydrogens is 516 g/mol. The van der Waals surface area contributed by atoms with Crippen molar-refractivity contribution in [1.82, 2.24) is 20.3 Å². The number of hydrogen-bond acceptors (Lipinski definition) is 9. The number of likely N-dealkylation sites (N-methyl/N-ethyl adjacent to an activating group) is 1. The van der Waals surface area contributed by atoms with Gasteiger partial charge in [-0.05, 0) is 77.1 Å². The average Bonchev–Trinajstić information content (AvgIpc) is 3.20. The van der Waals surface area contributed by atoms with Crippen LogP contribution in [0.2, 0.25) is 5.02 Å². The van der Waals surface area contributed by atoms with Crippen molar-refractivity contribution in [2.45, 2.75) is 53.3 Å². The van der Waals surface area contributed by atoms with Gasteiger partial charge in [-0.1, -0.05) is 11.6 Å². The molecule has 9 nitrogen and oxygen atoms in total. The van der Waals surface area contributed by atoms with E-state index in [0.29, 0.717) is 52.3 Å². The Hall–Kier alpha value is -3.53. The highest BCUT2D eigenvalue weighted by molar-refractivity contribution is 6.33. The third-order valence-electron chi connectivity index (χ3n) is 6.84. The summed E-state index contributed by atoms with van der Waals surface area (Å²) in [7, 11) is 1.76. The van der Waals surface area contributed by atoms with Crippen molar-refractivity contribution in [3.05, 3.63) is 69.3 Å². The standard InChI is InChI=1S/C29H35ClN6O3/c1-15-9-23-18(4)36(13-20(23)11-33-15)29-16(2)27(26(17(3)31)19(5)37)34-28(35-29)24-10-22(7-8-25(24)30)39-14-21(38)12-32-6/h7-11,18,21,31-32,37-38H,12-14H2,1-6H3/b26-19+,31-17?/t18-,21+/m0/s1. The van der Waals surface area contributed by atoms with Gasteiger partial charge in [-0.3, -0.25) is 4.98 Å². The normalized spacial score (nSPS) is 16.1. The number of aromatic nitrogens is 3. The number of anilines is 1. The molecule has 3 aromatic rings. The molecule has 39 heavy (non-hydrogen) atoms. The van der Waals surface area contributed by atoms with Crippen LogP contribution in [0.5, 0.6) is 5.75 Å². The van der Waals surface area contributed by atoms with E-state index in [2.05, 4.69) is 28.2 Å². The Balaban J connectivity index is 1.86. The fraction of sp³-hybridized carbons (Fsp3) is 0.379. The van der Waals surface area contributed by atoms with E-state index in [0.717, 1.165) is 16.8 Å². The van der Waals surface area contributed by atoms with Gasteiger partial charge in [0.15, 0.2) is 5.82 Å². The van der Waals surface area contributed by atoms with Gasteiger partial charge >= 0.3 is 0 Å². The van der Waals surface area contributed by atoms with Gasteiger partial charge in [0.05, 0.1) is 22.3 Å². The number of allylic oxidation sites excluding steroid dienone is 2. The SMILES string of the molecule is CNC[C@@H](O)COc1ccc(Cl)c(-c2nc(/C(C(C)=N)=C(\C)O)c(C)c(N3Cc4cnc(C)cc4[C@@H]3C)n2)c1. The summed E-state index contributed by atoms with van der Waals surface area (Å²) in [6, 6.07) is 7.31. The molecule has 0 spiro atoms. The first-order chi connectivity index (χ1) is 18.5. The van der Waals surface area contributed by atoms with Crippen molar-refractivity contribution in [3.63, 3.8) is 0 Å². The van der Waals surface area contributed by atoms with Crippen molar-refractivity contribution < 1.29 is 14.9 Å². The maximum atomic E-state index is 10.5. The van der Waals surface area contributed by atoms with Crippen LogP contribution >= 0.6 is 11.6 Å². The molecule has 0 radical (unpaired) electrons. The third kappa shape index (κ3) is 5.90. The van der Waals surface area contributed by atoms with E-state index in [9.17, 15) is 10.2 Å². The fourth-order valence-electron chi connectivity index (χ4n) is 4.90. The van der Waals surface area contributed by atoms with Crippen LogP contribution in [-0.2, 0) is 6.54 Å². The van der Waals surface area contributed by atoms with Crippen LogP contribution in [0, 0.1) is 19.3 Å². The maximum Gasteiger partial charge on any atom is 0.163 e. The number of pyridine rings is 1. The van der Waals surface area contributed by atoms with Crippen LogP contribution in [-0.4, -0.2) is 57.2 Å². The van der Waals surface area contributed by atoms with E-state index in [4.69, 9.17) is 31.7 Å². The lowest BCUT2D eigenvalue weighted by molar-refractivity contribution is 0.108. The quantitative estimate of drug-likeness (QED) is 0.212. The summed E-state index contributed by atoms with van der Waals surface area (Å²) < 4.78 is 5.81. The van der Waals surface area contributed by atoms with Gasteiger partial charge in [-0.2, -0.15) is 0 Å². The minimum Gasteiger partial charge on any atom is -0.512 e. The maximum absolute atomic E-state index is 10.5. The highest BCUT2D eigenvalue weighted by Crippen LogP contribution is 2.41. The van der Waals surface area contributed by atoms with Crippen molar-refractivity contribution in [2.24, 2.45) is 0 Å². The molecule has 2 atom stereocenters. The van der Waals surface area contributed by atoms with Gasteiger partial charge in [-0.15, -0.1) is 0 Å². The highest BCUT2D eigenvalue weighted by atomic mass is 35.5. The van der Waals surface area contributed by atoms with Gasteiger partial charge in [0.25, 0.3) is 0 Å². The summed E-state index contributed by atoms with van der Waals surface area (Å²) in [5, 5.41) is 32.3. The molecule has 0 fully saturated rings. The van der Waals surface area contributed by atoms with E-state index in [1.54, 1.807) is 39.1 Å². The number of aliphatic hydroxyl groups excluding tert-OH is 2. The lowest BCUT2D eigenvalue weighted by atomic mass is 10.0. The largest absolute Gasteiger partial charge is 0.512 e. The third-order valence-corrected chi connectivity index (χ3v) is 7.17. The predicted molar refractivity (Wildman–Crippen MR) is 155 cm³/mol. The number of halogens is 1. The smallest absolute Gasteiger partial charge is 0.163 e. The van der Waals surface area contributed by atoms with Crippen molar-refractivity contribution in [1.29, 1.82) is 5.41 Å². The lowest BCUT2D eigenvalue weighted by Crippen LogP contribution is -2.29. The monoisotopic (exact) mass is 550 g/mol. The first-order valence-electron chi connectivity index (χ1n) is 12.8. The molecule has 3 heterocycles. The molecule has 0 unspecified atom stereocenters. The zero-order chi connectivity index (χ0) is 28.4. The summed E-state index contributed by atoms with van der Waals surface area (Å²) in [5.41, 5.74) is 5.55. The summed E-state index contributed by atoms with van der Waals surface area (Å²) in [6.07, 6.45) is 1.24. The molecule has 0 saturated heterocycles. The molecule has 0 bridgehead atoms. The van der Waals surface area contributed by atoms with Crippen molar-refractivity contribution in [2.75, 3.05) is 25.1 Å². The zero-order valence-corrected chi connectivity index (χ0v) is 23.9. The minimum atomic E-state index is -0.671. The average molecular weight is 551 g/mol.